The molecule has 0 aliphatic heterocycles. The fourth-order valence-electron chi connectivity index (χ4n) is 1.27. The molecule has 3 heteroatoms. The third-order valence-electron chi connectivity index (χ3n) is 2.24. The summed E-state index contributed by atoms with van der Waals surface area (Å²) in [5, 5.41) is 8.89. The molecule has 3 nitrogen and oxygen atoms in total. The standard InChI is InChI=1S/C12H19NO2/c1-4-11-12(6-5-10(3)13-11)15-8-9(2)7-14/h5-6,9,14H,4,7-8H2,1-3H3. The van der Waals surface area contributed by atoms with Gasteiger partial charge in [0.2, 0.25) is 0 Å². The highest BCUT2D eigenvalue weighted by atomic mass is 16.5. The van der Waals surface area contributed by atoms with Gasteiger partial charge in [0, 0.05) is 18.2 Å². The van der Waals surface area contributed by atoms with Crippen molar-refractivity contribution in [3.63, 3.8) is 0 Å². The lowest BCUT2D eigenvalue weighted by atomic mass is 10.2. The summed E-state index contributed by atoms with van der Waals surface area (Å²) in [4.78, 5) is 4.41. The van der Waals surface area contributed by atoms with E-state index < -0.39 is 0 Å². The molecule has 0 aromatic carbocycles. The molecule has 0 saturated heterocycles. The molecule has 1 N–H and O–H groups in total. The van der Waals surface area contributed by atoms with Crippen molar-refractivity contribution in [2.24, 2.45) is 5.92 Å². The van der Waals surface area contributed by atoms with Crippen LogP contribution in [0.2, 0.25) is 0 Å². The van der Waals surface area contributed by atoms with Gasteiger partial charge in [-0.25, -0.2) is 0 Å². The maximum Gasteiger partial charge on any atom is 0.140 e. The van der Waals surface area contributed by atoms with Crippen molar-refractivity contribution in [3.8, 4) is 5.75 Å². The molecule has 0 spiro atoms. The van der Waals surface area contributed by atoms with Crippen LogP contribution in [0.3, 0.4) is 0 Å². The van der Waals surface area contributed by atoms with E-state index in [9.17, 15) is 0 Å². The third-order valence-corrected chi connectivity index (χ3v) is 2.24. The van der Waals surface area contributed by atoms with Gasteiger partial charge in [-0.1, -0.05) is 13.8 Å². The van der Waals surface area contributed by atoms with Crippen LogP contribution in [0.4, 0.5) is 0 Å². The molecular weight excluding hydrogens is 190 g/mol. The maximum atomic E-state index is 8.89. The Morgan fingerprint density at radius 3 is 2.80 bits per heavy atom. The van der Waals surface area contributed by atoms with Crippen LogP contribution >= 0.6 is 0 Å². The number of hydrogen-bond acceptors (Lipinski definition) is 3. The fraction of sp³-hybridized carbons (Fsp3) is 0.583. The lowest BCUT2D eigenvalue weighted by Crippen LogP contribution is -2.13. The van der Waals surface area contributed by atoms with Gasteiger partial charge in [0.25, 0.3) is 0 Å². The molecule has 0 radical (unpaired) electrons. The molecule has 0 aliphatic rings. The van der Waals surface area contributed by atoms with E-state index in [1.54, 1.807) is 0 Å². The van der Waals surface area contributed by atoms with Gasteiger partial charge < -0.3 is 9.84 Å². The van der Waals surface area contributed by atoms with E-state index in [1.807, 2.05) is 26.0 Å². The molecule has 0 aliphatic carbocycles. The van der Waals surface area contributed by atoms with E-state index in [0.717, 1.165) is 23.6 Å². The van der Waals surface area contributed by atoms with Crippen LogP contribution in [0.5, 0.6) is 5.75 Å². The molecule has 0 fully saturated rings. The molecule has 1 aromatic rings. The Morgan fingerprint density at radius 2 is 2.20 bits per heavy atom. The summed E-state index contributed by atoms with van der Waals surface area (Å²) < 4.78 is 5.61. The minimum absolute atomic E-state index is 0.154. The minimum Gasteiger partial charge on any atom is -0.491 e. The summed E-state index contributed by atoms with van der Waals surface area (Å²) in [5.41, 5.74) is 1.99. The van der Waals surface area contributed by atoms with E-state index in [0.29, 0.717) is 6.61 Å². The van der Waals surface area contributed by atoms with Crippen LogP contribution in [0.25, 0.3) is 0 Å². The number of rotatable bonds is 5. The zero-order valence-corrected chi connectivity index (χ0v) is 9.66. The van der Waals surface area contributed by atoms with E-state index in [4.69, 9.17) is 9.84 Å². The van der Waals surface area contributed by atoms with Gasteiger partial charge in [0.05, 0.1) is 12.3 Å². The summed E-state index contributed by atoms with van der Waals surface area (Å²) in [6.45, 7) is 6.67. The van der Waals surface area contributed by atoms with E-state index in [-0.39, 0.29) is 12.5 Å². The predicted molar refractivity (Wildman–Crippen MR) is 60.1 cm³/mol. The van der Waals surface area contributed by atoms with E-state index in [2.05, 4.69) is 11.9 Å². The second-order valence-electron chi connectivity index (χ2n) is 3.85. The van der Waals surface area contributed by atoms with Crippen molar-refractivity contribution in [1.82, 2.24) is 4.98 Å². The topological polar surface area (TPSA) is 42.4 Å². The number of aliphatic hydroxyl groups is 1. The van der Waals surface area contributed by atoms with Gasteiger partial charge in [-0.05, 0) is 25.5 Å². The number of aromatic nitrogens is 1. The van der Waals surface area contributed by atoms with Crippen molar-refractivity contribution in [2.75, 3.05) is 13.2 Å². The SMILES string of the molecule is CCc1nc(C)ccc1OCC(C)CO. The fourth-order valence-corrected chi connectivity index (χ4v) is 1.27. The van der Waals surface area contributed by atoms with Crippen LogP contribution in [0.15, 0.2) is 12.1 Å². The van der Waals surface area contributed by atoms with E-state index in [1.165, 1.54) is 0 Å². The van der Waals surface area contributed by atoms with Gasteiger partial charge in [0.15, 0.2) is 0 Å². The molecule has 1 unspecified atom stereocenters. The highest BCUT2D eigenvalue weighted by molar-refractivity contribution is 5.29. The van der Waals surface area contributed by atoms with Gasteiger partial charge in [-0.2, -0.15) is 0 Å². The zero-order chi connectivity index (χ0) is 11.3. The predicted octanol–water partition coefficient (Wildman–Crippen LogP) is 1.96. The Morgan fingerprint density at radius 1 is 1.47 bits per heavy atom. The Kier molecular flexibility index (Phi) is 4.56. The van der Waals surface area contributed by atoms with E-state index >= 15 is 0 Å². The second-order valence-corrected chi connectivity index (χ2v) is 3.85. The first kappa shape index (κ1) is 12.0. The molecule has 1 heterocycles. The molecule has 1 aromatic heterocycles. The number of nitrogens with zero attached hydrogens (tertiary/aromatic N) is 1. The Bertz CT molecular complexity index is 312. The zero-order valence-electron chi connectivity index (χ0n) is 9.66. The summed E-state index contributed by atoms with van der Waals surface area (Å²) in [7, 11) is 0. The maximum absolute atomic E-state index is 8.89. The minimum atomic E-state index is 0.154. The van der Waals surface area contributed by atoms with Crippen LogP contribution in [-0.4, -0.2) is 23.3 Å². The summed E-state index contributed by atoms with van der Waals surface area (Å²) in [5.74, 6) is 0.999. The van der Waals surface area contributed by atoms with Gasteiger partial charge in [0.1, 0.15) is 5.75 Å². The summed E-state index contributed by atoms with van der Waals surface area (Å²) >= 11 is 0. The molecule has 0 bridgehead atoms. The Labute approximate surface area is 91.1 Å². The van der Waals surface area contributed by atoms with Crippen molar-refractivity contribution in [3.05, 3.63) is 23.5 Å². The Balaban J connectivity index is 2.67. The first-order chi connectivity index (χ1) is 7.17. The first-order valence-electron chi connectivity index (χ1n) is 5.37. The van der Waals surface area contributed by atoms with Crippen LogP contribution < -0.4 is 4.74 Å². The monoisotopic (exact) mass is 209 g/mol. The van der Waals surface area contributed by atoms with Crippen molar-refractivity contribution in [2.45, 2.75) is 27.2 Å². The lowest BCUT2D eigenvalue weighted by molar-refractivity contribution is 0.173. The van der Waals surface area contributed by atoms with Crippen molar-refractivity contribution >= 4 is 0 Å². The number of aryl methyl sites for hydroxylation is 2. The normalized spacial score (nSPS) is 12.5. The molecule has 1 rings (SSSR count). The number of pyridine rings is 1. The molecule has 0 saturated carbocycles. The lowest BCUT2D eigenvalue weighted by Gasteiger charge is -2.13. The molecular formula is C12H19NO2. The average Bonchev–Trinajstić information content (AvgIpc) is 2.26. The van der Waals surface area contributed by atoms with Crippen molar-refractivity contribution < 1.29 is 9.84 Å². The molecule has 84 valence electrons. The van der Waals surface area contributed by atoms with Gasteiger partial charge >= 0.3 is 0 Å². The smallest absolute Gasteiger partial charge is 0.140 e. The summed E-state index contributed by atoms with van der Waals surface area (Å²) in [6, 6.07) is 3.89. The first-order valence-corrected chi connectivity index (χ1v) is 5.37. The number of aliphatic hydroxyl groups excluding tert-OH is 1. The second kappa shape index (κ2) is 5.71. The average molecular weight is 209 g/mol. The molecule has 0 amide bonds. The highest BCUT2D eigenvalue weighted by Crippen LogP contribution is 2.18. The number of hydrogen-bond donors (Lipinski definition) is 1. The highest BCUT2D eigenvalue weighted by Gasteiger charge is 2.06. The molecule has 15 heavy (non-hydrogen) atoms. The largest absolute Gasteiger partial charge is 0.491 e. The Hall–Kier alpha value is -1.09. The third kappa shape index (κ3) is 3.51. The van der Waals surface area contributed by atoms with Gasteiger partial charge in [-0.3, -0.25) is 4.98 Å². The van der Waals surface area contributed by atoms with Crippen LogP contribution in [-0.2, 0) is 6.42 Å². The quantitative estimate of drug-likeness (QED) is 0.806. The number of ether oxygens (including phenoxy) is 1. The van der Waals surface area contributed by atoms with Gasteiger partial charge in [-0.15, -0.1) is 0 Å². The van der Waals surface area contributed by atoms with Crippen LogP contribution in [0.1, 0.15) is 25.2 Å². The summed E-state index contributed by atoms with van der Waals surface area (Å²) in [6.07, 6.45) is 0.866. The van der Waals surface area contributed by atoms with Crippen LogP contribution in [0, 0.1) is 12.8 Å². The van der Waals surface area contributed by atoms with Crippen molar-refractivity contribution in [1.29, 1.82) is 0 Å². The molecule has 1 atom stereocenters.